The number of benzene rings is 10. The maximum absolute atomic E-state index is 13.0. The minimum atomic E-state index is -0.138. The molecule has 8 amide bonds. The van der Waals surface area contributed by atoms with E-state index < -0.39 is 0 Å². The molecule has 1 aliphatic heterocycles. The zero-order valence-corrected chi connectivity index (χ0v) is 68.1. The SMILES string of the molecule is C.CCN(CCCN(CC)C(=O)c1cccc(O)c1)C(=O)c1cccc(C)c1.Cc1ccc(C(=O)N2CCCN(C(=O)c3ccc4cc(O)ccc4c3)CC2)cc1.Cc1ccc(C(=O)NCCCN(C)CCCNC(=O)c2ccc(O)cc2)cc1.Cc1ccc(C(=O)NCCCN(C)CCCNC(=O)c2ccc3cc(O)ccc3c2)cc1. The molecule has 0 aromatic heterocycles. The third-order valence-electron chi connectivity index (χ3n) is 19.8. The third kappa shape index (κ3) is 30.1. The van der Waals surface area contributed by atoms with Crippen LogP contribution in [0.25, 0.3) is 21.5 Å². The maximum Gasteiger partial charge on any atom is 0.253 e. The summed E-state index contributed by atoms with van der Waals surface area (Å²) in [6, 6.07) is 64.1. The number of carbonyl (C=O) groups is 8. The van der Waals surface area contributed by atoms with Crippen molar-refractivity contribution in [2.24, 2.45) is 0 Å². The predicted molar refractivity (Wildman–Crippen MR) is 466 cm³/mol. The molecule has 22 nitrogen and oxygen atoms in total. The van der Waals surface area contributed by atoms with Crippen LogP contribution in [0.3, 0.4) is 0 Å². The summed E-state index contributed by atoms with van der Waals surface area (Å²) in [6.07, 6.45) is 4.88. The first-order valence-corrected chi connectivity index (χ1v) is 39.8. The summed E-state index contributed by atoms with van der Waals surface area (Å²) in [5, 5.41) is 53.3. The van der Waals surface area contributed by atoms with E-state index in [2.05, 4.69) is 31.1 Å². The van der Waals surface area contributed by atoms with Crippen molar-refractivity contribution >= 4 is 68.8 Å². The first kappa shape index (κ1) is 91.8. The average molecular weight is 1590 g/mol. The first-order chi connectivity index (χ1) is 55.8. The van der Waals surface area contributed by atoms with E-state index in [0.29, 0.717) is 129 Å². The molecule has 0 atom stereocenters. The van der Waals surface area contributed by atoms with Crippen LogP contribution < -0.4 is 21.3 Å². The molecule has 22 heteroatoms. The largest absolute Gasteiger partial charge is 0.508 e. The molecule has 0 bridgehead atoms. The van der Waals surface area contributed by atoms with Crippen LogP contribution in [-0.4, -0.2) is 216 Å². The van der Waals surface area contributed by atoms with Crippen molar-refractivity contribution in [1.29, 1.82) is 0 Å². The van der Waals surface area contributed by atoms with Crippen LogP contribution in [0.1, 0.15) is 165 Å². The van der Waals surface area contributed by atoms with Crippen molar-refractivity contribution in [2.45, 2.75) is 87.5 Å². The number of rotatable bonds is 30. The molecule has 10 aromatic carbocycles. The minimum Gasteiger partial charge on any atom is -0.508 e. The van der Waals surface area contributed by atoms with E-state index in [1.807, 2.05) is 193 Å². The van der Waals surface area contributed by atoms with E-state index in [9.17, 15) is 58.8 Å². The number of fused-ring (bicyclic) bond motifs is 2. The molecule has 10 aromatic rings. The number of amides is 8. The lowest BCUT2D eigenvalue weighted by Gasteiger charge is -2.25. The molecule has 0 aliphatic carbocycles. The summed E-state index contributed by atoms with van der Waals surface area (Å²) in [4.78, 5) is 111. The summed E-state index contributed by atoms with van der Waals surface area (Å²) >= 11 is 0. The van der Waals surface area contributed by atoms with E-state index in [1.54, 1.807) is 82.6 Å². The zero-order valence-electron chi connectivity index (χ0n) is 68.1. The highest BCUT2D eigenvalue weighted by atomic mass is 16.3. The number of aryl methyl sites for hydroxylation is 4. The van der Waals surface area contributed by atoms with Gasteiger partial charge in [-0.3, -0.25) is 38.4 Å². The van der Waals surface area contributed by atoms with Crippen LogP contribution in [0.15, 0.2) is 218 Å². The molecule has 11 rings (SSSR count). The fraction of sp³-hybridized carbons (Fsp3) is 0.326. The number of phenolic OH excluding ortho intramolecular Hbond substituents is 4. The average Bonchev–Trinajstić information content (AvgIpc) is 1.41. The Morgan fingerprint density at radius 3 is 1.05 bits per heavy atom. The standard InChI is InChI=1S/C26H31N3O3.C24H24N2O3.C22H29N3O3.C22H28N2O3.CH4/c1-19-5-7-20(8-6-19)25(31)27-13-3-15-29(2)16-4-14-28-26(32)23-10-9-22-18-24(30)12-11-21(22)17-23;1-17-3-5-18(6-4-17)23(28)25-11-2-12-26(14-13-25)24(29)21-8-7-20-16-22(27)10-9-19(20)15-21;1-17-5-7-18(8-6-17)21(27)23-13-3-15-25(2)16-4-14-24-22(28)19-9-11-20(26)12-10-19;1-4-23(21(26)18-10-6-9-17(3)15-18)13-8-14-24(5-2)22(27)19-11-7-12-20(25)16-19;/h5-12,17-18,30H,3-4,13-16H2,1-2H3,(H,27,31)(H,28,32);3-10,15-16,27H,2,11-14H2,1H3;5-12,26H,3-4,13-16H2,1-2H3,(H,23,27)(H,24,28);6-7,9-12,15-16,25H,4-5,8,13-14H2,1-3H3;1H4. The van der Waals surface area contributed by atoms with Crippen molar-refractivity contribution in [1.82, 2.24) is 50.7 Å². The molecule has 0 unspecified atom stereocenters. The van der Waals surface area contributed by atoms with Crippen LogP contribution >= 0.6 is 0 Å². The van der Waals surface area contributed by atoms with Crippen LogP contribution in [-0.2, 0) is 0 Å². The van der Waals surface area contributed by atoms with Gasteiger partial charge < -0.3 is 71.1 Å². The quantitative estimate of drug-likeness (QED) is 0.0194. The lowest BCUT2D eigenvalue weighted by Crippen LogP contribution is -2.37. The molecule has 1 fully saturated rings. The Bertz CT molecular complexity index is 4750. The predicted octanol–water partition coefficient (Wildman–Crippen LogP) is 14.5. The summed E-state index contributed by atoms with van der Waals surface area (Å²) in [5.41, 5.74) is 9.46. The van der Waals surface area contributed by atoms with Gasteiger partial charge in [-0.1, -0.05) is 109 Å². The molecule has 8 N–H and O–H groups in total. The lowest BCUT2D eigenvalue weighted by molar-refractivity contribution is 0.0719. The summed E-state index contributed by atoms with van der Waals surface area (Å²) in [7, 11) is 4.08. The lowest BCUT2D eigenvalue weighted by atomic mass is 10.1. The Balaban J connectivity index is 0.000000215. The van der Waals surface area contributed by atoms with Crippen molar-refractivity contribution in [3.05, 3.63) is 285 Å². The molecule has 618 valence electrons. The molecule has 0 saturated carbocycles. The molecule has 1 aliphatic rings. The monoisotopic (exact) mass is 1590 g/mol. The Kier molecular flexibility index (Phi) is 37.2. The van der Waals surface area contributed by atoms with Gasteiger partial charge in [-0.05, 0) is 281 Å². The third-order valence-corrected chi connectivity index (χ3v) is 19.8. The molecule has 1 saturated heterocycles. The van der Waals surface area contributed by atoms with Crippen molar-refractivity contribution in [3.63, 3.8) is 0 Å². The molecular weight excluding hydrogens is 1470 g/mol. The summed E-state index contributed by atoms with van der Waals surface area (Å²) in [5.74, 6) is 0.240. The molecule has 1 heterocycles. The first-order valence-electron chi connectivity index (χ1n) is 39.8. The fourth-order valence-electron chi connectivity index (χ4n) is 13.0. The zero-order chi connectivity index (χ0) is 83.5. The van der Waals surface area contributed by atoms with Gasteiger partial charge in [0.2, 0.25) is 0 Å². The molecule has 117 heavy (non-hydrogen) atoms. The van der Waals surface area contributed by atoms with Gasteiger partial charge in [0.25, 0.3) is 47.3 Å². The number of phenols is 4. The smallest absolute Gasteiger partial charge is 0.253 e. The van der Waals surface area contributed by atoms with Crippen molar-refractivity contribution in [3.8, 4) is 23.0 Å². The van der Waals surface area contributed by atoms with E-state index in [-0.39, 0.29) is 77.7 Å². The van der Waals surface area contributed by atoms with Gasteiger partial charge in [0.05, 0.1) is 0 Å². The number of aromatic hydroxyl groups is 4. The Hall–Kier alpha value is -12.4. The molecule has 0 radical (unpaired) electrons. The van der Waals surface area contributed by atoms with E-state index in [4.69, 9.17) is 0 Å². The normalized spacial score (nSPS) is 11.6. The summed E-state index contributed by atoms with van der Waals surface area (Å²) < 4.78 is 0. The second kappa shape index (κ2) is 47.5. The van der Waals surface area contributed by atoms with E-state index in [1.165, 1.54) is 18.2 Å². The number of hydrogen-bond acceptors (Lipinski definition) is 14. The number of nitrogens with one attached hydrogen (secondary N) is 4. The minimum absolute atomic E-state index is 0. The summed E-state index contributed by atoms with van der Waals surface area (Å²) in [6.45, 7) is 22.5. The van der Waals surface area contributed by atoms with Crippen molar-refractivity contribution in [2.75, 3.05) is 119 Å². The second-order valence-electron chi connectivity index (χ2n) is 29.2. The molecule has 0 spiro atoms. The van der Waals surface area contributed by atoms with Gasteiger partial charge in [-0.2, -0.15) is 0 Å². The van der Waals surface area contributed by atoms with Crippen LogP contribution in [0.5, 0.6) is 23.0 Å². The highest BCUT2D eigenvalue weighted by molar-refractivity contribution is 6.01. The van der Waals surface area contributed by atoms with Gasteiger partial charge >= 0.3 is 0 Å². The maximum atomic E-state index is 13.0. The Labute approximate surface area is 689 Å². The van der Waals surface area contributed by atoms with Gasteiger partial charge in [0, 0.05) is 123 Å². The van der Waals surface area contributed by atoms with Crippen molar-refractivity contribution < 1.29 is 58.8 Å². The van der Waals surface area contributed by atoms with Crippen LogP contribution in [0, 0.1) is 27.7 Å². The van der Waals surface area contributed by atoms with Gasteiger partial charge in [-0.15, -0.1) is 0 Å². The number of hydrogen-bond donors (Lipinski definition) is 8. The van der Waals surface area contributed by atoms with Crippen LogP contribution in [0.4, 0.5) is 0 Å². The highest BCUT2D eigenvalue weighted by Gasteiger charge is 2.25. The number of carbonyl (C=O) groups excluding carboxylic acids is 8. The van der Waals surface area contributed by atoms with Gasteiger partial charge in [-0.25, -0.2) is 0 Å². The van der Waals surface area contributed by atoms with E-state index >= 15 is 0 Å². The topological polar surface area (TPSA) is 285 Å². The van der Waals surface area contributed by atoms with Crippen LogP contribution in [0.2, 0.25) is 0 Å². The van der Waals surface area contributed by atoms with Gasteiger partial charge in [0.15, 0.2) is 0 Å². The Morgan fingerprint density at radius 2 is 0.641 bits per heavy atom. The number of nitrogens with zero attached hydrogens (tertiary/aromatic N) is 6. The van der Waals surface area contributed by atoms with Gasteiger partial charge in [0.1, 0.15) is 23.0 Å². The Morgan fingerprint density at radius 1 is 0.316 bits per heavy atom. The second-order valence-corrected chi connectivity index (χ2v) is 29.2. The fourth-order valence-corrected chi connectivity index (χ4v) is 13.0. The highest BCUT2D eigenvalue weighted by Crippen LogP contribution is 2.25. The molecular formula is C95H116N10O12. The van der Waals surface area contributed by atoms with E-state index in [0.717, 1.165) is 102 Å².